The first-order valence-corrected chi connectivity index (χ1v) is 10.0. The summed E-state index contributed by atoms with van der Waals surface area (Å²) in [5.41, 5.74) is 0.915. The van der Waals surface area contributed by atoms with Gasteiger partial charge in [-0.15, -0.1) is 0 Å². The number of hydrogen-bond acceptors (Lipinski definition) is 4. The van der Waals surface area contributed by atoms with Crippen LogP contribution in [0.3, 0.4) is 0 Å². The van der Waals surface area contributed by atoms with Crippen molar-refractivity contribution in [2.45, 2.75) is 0 Å². The quantitative estimate of drug-likeness (QED) is 0.425. The third-order valence-corrected chi connectivity index (χ3v) is 5.11. The second kappa shape index (κ2) is 9.56. The number of benzene rings is 2. The van der Waals surface area contributed by atoms with Gasteiger partial charge in [0.2, 0.25) is 0 Å². The summed E-state index contributed by atoms with van der Waals surface area (Å²) < 4.78 is 11.4. The second-order valence-corrected chi connectivity index (χ2v) is 7.73. The highest BCUT2D eigenvalue weighted by atomic mass is 79.9. The lowest BCUT2D eigenvalue weighted by atomic mass is 10.1. The Bertz CT molecular complexity index is 926. The van der Waals surface area contributed by atoms with E-state index in [9.17, 15) is 9.59 Å². The molecular weight excluding hydrogens is 469 g/mol. The summed E-state index contributed by atoms with van der Waals surface area (Å²) in [6.45, 7) is 1.83. The monoisotopic (exact) mass is 483 g/mol. The summed E-state index contributed by atoms with van der Waals surface area (Å²) in [5, 5.41) is 0.947. The molecule has 1 saturated heterocycles. The highest BCUT2D eigenvalue weighted by Gasteiger charge is 2.21. The van der Waals surface area contributed by atoms with Crippen LogP contribution in [0, 0.1) is 0 Å². The smallest absolute Gasteiger partial charge is 0.409 e. The average Bonchev–Trinajstić information content (AvgIpc) is 2.69. The zero-order valence-corrected chi connectivity index (χ0v) is 17.8. The molecule has 0 spiro atoms. The van der Waals surface area contributed by atoms with Crippen molar-refractivity contribution in [3.05, 3.63) is 68.1 Å². The van der Waals surface area contributed by atoms with Crippen LogP contribution in [0.2, 0.25) is 10.0 Å². The van der Waals surface area contributed by atoms with Crippen molar-refractivity contribution < 1.29 is 19.1 Å². The molecule has 1 fully saturated rings. The van der Waals surface area contributed by atoms with Gasteiger partial charge in [0.05, 0.1) is 18.8 Å². The van der Waals surface area contributed by atoms with Crippen molar-refractivity contribution in [2.75, 3.05) is 26.3 Å². The molecule has 8 heteroatoms. The van der Waals surface area contributed by atoms with Gasteiger partial charge in [-0.05, 0) is 48.0 Å². The number of rotatable bonds is 4. The minimum absolute atomic E-state index is 0.191. The fraction of sp³-hybridized carbons (Fsp3) is 0.200. The summed E-state index contributed by atoms with van der Waals surface area (Å²) >= 11 is 15.4. The Morgan fingerprint density at radius 2 is 1.86 bits per heavy atom. The lowest BCUT2D eigenvalue weighted by Crippen LogP contribution is -2.42. The van der Waals surface area contributed by atoms with E-state index in [1.54, 1.807) is 47.4 Å². The Hall–Kier alpha value is -1.86. The van der Waals surface area contributed by atoms with E-state index < -0.39 is 6.09 Å². The maximum Gasteiger partial charge on any atom is 0.415 e. The van der Waals surface area contributed by atoms with Crippen LogP contribution in [-0.4, -0.2) is 43.1 Å². The number of nitrogens with zero attached hydrogens (tertiary/aromatic N) is 1. The van der Waals surface area contributed by atoms with Crippen molar-refractivity contribution in [3.63, 3.8) is 0 Å². The maximum absolute atomic E-state index is 12.7. The standard InChI is InChI=1S/C20H16BrCl2NO4/c21-14-3-6-19(28-20(26)24-7-9-27-10-8-24)16(11-14)18(25)5-2-13-1-4-15(22)12-17(13)23/h1-6,11-12H,7-10H2/b5-2+. The fourth-order valence-corrected chi connectivity index (χ4v) is 3.41. The number of hydrogen-bond donors (Lipinski definition) is 0. The first-order chi connectivity index (χ1) is 13.4. The third kappa shape index (κ3) is 5.35. The van der Waals surface area contributed by atoms with Crippen LogP contribution in [-0.2, 0) is 4.74 Å². The Morgan fingerprint density at radius 3 is 2.57 bits per heavy atom. The fourth-order valence-electron chi connectivity index (χ4n) is 2.58. The van der Waals surface area contributed by atoms with Gasteiger partial charge in [-0.2, -0.15) is 0 Å². The summed E-state index contributed by atoms with van der Waals surface area (Å²) in [6.07, 6.45) is 2.46. The average molecular weight is 485 g/mol. The predicted molar refractivity (Wildman–Crippen MR) is 112 cm³/mol. The van der Waals surface area contributed by atoms with E-state index in [1.807, 2.05) is 0 Å². The molecule has 1 aliphatic rings. The number of carbonyl (C=O) groups excluding carboxylic acids is 2. The lowest BCUT2D eigenvalue weighted by molar-refractivity contribution is 0.0415. The Kier molecular flexibility index (Phi) is 7.13. The van der Waals surface area contributed by atoms with Crippen molar-refractivity contribution in [1.29, 1.82) is 0 Å². The van der Waals surface area contributed by atoms with Gasteiger partial charge in [0.25, 0.3) is 0 Å². The molecule has 146 valence electrons. The van der Waals surface area contributed by atoms with Gasteiger partial charge >= 0.3 is 6.09 Å². The predicted octanol–water partition coefficient (Wildman–Crippen LogP) is 5.48. The van der Waals surface area contributed by atoms with Crippen molar-refractivity contribution in [1.82, 2.24) is 4.90 Å². The van der Waals surface area contributed by atoms with Crippen molar-refractivity contribution >= 4 is 57.1 Å². The first kappa shape index (κ1) is 20.9. The van der Waals surface area contributed by atoms with E-state index in [1.165, 1.54) is 6.08 Å². The topological polar surface area (TPSA) is 55.8 Å². The molecule has 0 radical (unpaired) electrons. The van der Waals surface area contributed by atoms with E-state index >= 15 is 0 Å². The number of halogens is 3. The van der Waals surface area contributed by atoms with Gasteiger partial charge < -0.3 is 14.4 Å². The Balaban J connectivity index is 1.80. The summed E-state index contributed by atoms with van der Waals surface area (Å²) in [5.74, 6) is -0.131. The molecule has 2 aromatic rings. The minimum atomic E-state index is -0.510. The van der Waals surface area contributed by atoms with Gasteiger partial charge in [-0.25, -0.2) is 4.79 Å². The van der Waals surface area contributed by atoms with Crippen LogP contribution < -0.4 is 4.74 Å². The first-order valence-electron chi connectivity index (χ1n) is 8.45. The molecule has 0 atom stereocenters. The zero-order chi connectivity index (χ0) is 20.1. The van der Waals surface area contributed by atoms with E-state index in [4.69, 9.17) is 32.7 Å². The van der Waals surface area contributed by atoms with Gasteiger partial charge in [0.1, 0.15) is 5.75 Å². The molecule has 0 saturated carbocycles. The molecule has 0 N–H and O–H groups in total. The number of morpholine rings is 1. The molecular formula is C20H16BrCl2NO4. The van der Waals surface area contributed by atoms with Gasteiger partial charge in [0.15, 0.2) is 5.78 Å². The summed E-state index contributed by atoms with van der Waals surface area (Å²) in [4.78, 5) is 26.6. The normalized spacial score (nSPS) is 14.3. The SMILES string of the molecule is O=C(/C=C/c1ccc(Cl)cc1Cl)c1cc(Br)ccc1OC(=O)N1CCOCC1. The Morgan fingerprint density at radius 1 is 1.11 bits per heavy atom. The molecule has 1 amide bonds. The lowest BCUT2D eigenvalue weighted by Gasteiger charge is -2.26. The molecule has 1 heterocycles. The Labute approximate surface area is 180 Å². The number of ether oxygens (including phenoxy) is 2. The molecule has 28 heavy (non-hydrogen) atoms. The van der Waals surface area contributed by atoms with Crippen LogP contribution in [0.5, 0.6) is 5.75 Å². The number of carbonyl (C=O) groups is 2. The second-order valence-electron chi connectivity index (χ2n) is 5.97. The maximum atomic E-state index is 12.7. The van der Waals surface area contributed by atoms with E-state index in [0.717, 1.165) is 0 Å². The van der Waals surface area contributed by atoms with Crippen LogP contribution in [0.4, 0.5) is 4.79 Å². The third-order valence-electron chi connectivity index (χ3n) is 4.05. The molecule has 1 aliphatic heterocycles. The largest absolute Gasteiger partial charge is 0.415 e. The highest BCUT2D eigenvalue weighted by Crippen LogP contribution is 2.26. The molecule has 2 aromatic carbocycles. The molecule has 0 aliphatic carbocycles. The van der Waals surface area contributed by atoms with E-state index in [2.05, 4.69) is 15.9 Å². The van der Waals surface area contributed by atoms with Crippen LogP contribution in [0.25, 0.3) is 6.08 Å². The minimum Gasteiger partial charge on any atom is -0.409 e. The van der Waals surface area contributed by atoms with Crippen molar-refractivity contribution in [3.8, 4) is 5.75 Å². The van der Waals surface area contributed by atoms with E-state index in [-0.39, 0.29) is 17.1 Å². The van der Waals surface area contributed by atoms with Gasteiger partial charge in [-0.3, -0.25) is 4.79 Å². The van der Waals surface area contributed by atoms with Crippen LogP contribution >= 0.6 is 39.1 Å². The number of allylic oxidation sites excluding steroid dienone is 1. The highest BCUT2D eigenvalue weighted by molar-refractivity contribution is 9.10. The molecule has 0 unspecified atom stereocenters. The summed E-state index contributed by atoms with van der Waals surface area (Å²) in [6, 6.07) is 9.90. The van der Waals surface area contributed by atoms with Gasteiger partial charge in [-0.1, -0.05) is 45.2 Å². The molecule has 0 aromatic heterocycles. The number of amides is 1. The molecule has 5 nitrogen and oxygen atoms in total. The summed E-state index contributed by atoms with van der Waals surface area (Å²) in [7, 11) is 0. The van der Waals surface area contributed by atoms with Crippen LogP contribution in [0.1, 0.15) is 15.9 Å². The molecule has 0 bridgehead atoms. The zero-order valence-electron chi connectivity index (χ0n) is 14.7. The molecule has 3 rings (SSSR count). The van der Waals surface area contributed by atoms with Crippen LogP contribution in [0.15, 0.2) is 46.9 Å². The van der Waals surface area contributed by atoms with Crippen molar-refractivity contribution in [2.24, 2.45) is 0 Å². The van der Waals surface area contributed by atoms with Gasteiger partial charge in [0, 0.05) is 27.6 Å². The number of ketones is 1. The van der Waals surface area contributed by atoms with E-state index in [0.29, 0.717) is 46.4 Å².